The second-order valence-electron chi connectivity index (χ2n) is 8.83. The Hall–Kier alpha value is -3.45. The van der Waals surface area contributed by atoms with Crippen molar-refractivity contribution >= 4 is 11.4 Å². The molecular weight excluding hydrogens is 419 g/mol. The lowest BCUT2D eigenvalue weighted by Crippen LogP contribution is -2.45. The second kappa shape index (κ2) is 8.83. The number of nitrogens with one attached hydrogen (secondary N) is 1. The van der Waals surface area contributed by atoms with Gasteiger partial charge in [0.15, 0.2) is 0 Å². The number of carbonyl (C=O) groups excluding carboxylic acids is 1. The predicted molar refractivity (Wildman–Crippen MR) is 125 cm³/mol. The lowest BCUT2D eigenvalue weighted by Gasteiger charge is -2.28. The molecule has 2 atom stereocenters. The Labute approximate surface area is 191 Å². The first-order chi connectivity index (χ1) is 16.0. The number of fused-ring (bicyclic) bond motifs is 1. The average molecular weight is 447 g/mol. The minimum absolute atomic E-state index is 0.266. The summed E-state index contributed by atoms with van der Waals surface area (Å²) in [6.45, 7) is 0. The highest BCUT2D eigenvalue weighted by Gasteiger charge is 2.27. The van der Waals surface area contributed by atoms with Crippen LogP contribution in [0.5, 0.6) is 0 Å². The molecule has 1 aliphatic rings. The highest BCUT2D eigenvalue weighted by Crippen LogP contribution is 2.25. The predicted octanol–water partition coefficient (Wildman–Crippen LogP) is 4.10. The monoisotopic (exact) mass is 446 g/mol. The Morgan fingerprint density at radius 1 is 1.18 bits per heavy atom. The molecule has 1 saturated carbocycles. The Kier molecular flexibility index (Phi) is 5.72. The van der Waals surface area contributed by atoms with Crippen molar-refractivity contribution in [2.24, 2.45) is 7.05 Å². The summed E-state index contributed by atoms with van der Waals surface area (Å²) in [6, 6.07) is 12.6. The molecule has 3 heterocycles. The largest absolute Gasteiger partial charge is 0.391 e. The van der Waals surface area contributed by atoms with Gasteiger partial charge in [-0.05, 0) is 42.2 Å². The molecule has 5 rings (SSSR count). The van der Waals surface area contributed by atoms with Gasteiger partial charge in [0.1, 0.15) is 5.82 Å². The van der Waals surface area contributed by atoms with Crippen LogP contribution in [0.4, 0.5) is 4.39 Å². The summed E-state index contributed by atoms with van der Waals surface area (Å²) in [5.74, 6) is -0.785. The number of aromatic nitrogens is 3. The van der Waals surface area contributed by atoms with Gasteiger partial charge >= 0.3 is 0 Å². The third-order valence-electron chi connectivity index (χ3n) is 6.49. The fourth-order valence-corrected chi connectivity index (χ4v) is 4.71. The Morgan fingerprint density at radius 3 is 2.70 bits per heavy atom. The van der Waals surface area contributed by atoms with Crippen molar-refractivity contribution in [3.05, 3.63) is 83.7 Å². The molecule has 1 amide bonds. The molecule has 1 fully saturated rings. The summed E-state index contributed by atoms with van der Waals surface area (Å²) in [4.78, 5) is 13.1. The molecular formula is C26H27FN4O2. The third kappa shape index (κ3) is 4.28. The SMILES string of the molecule is Cn1cc(-c2ccc(Cc3cc(C(=O)N[C@H]4CCCC[C@@H]4O)c4c(F)cccn34)cc2)cn1. The van der Waals surface area contributed by atoms with Gasteiger partial charge in [0.2, 0.25) is 0 Å². The molecule has 170 valence electrons. The second-order valence-corrected chi connectivity index (χ2v) is 8.83. The lowest BCUT2D eigenvalue weighted by molar-refractivity contribution is 0.0718. The number of pyridine rings is 1. The van der Waals surface area contributed by atoms with E-state index in [1.54, 1.807) is 27.4 Å². The van der Waals surface area contributed by atoms with Gasteiger partial charge in [-0.1, -0.05) is 37.1 Å². The van der Waals surface area contributed by atoms with E-state index in [1.807, 2.05) is 43.7 Å². The molecule has 0 saturated heterocycles. The van der Waals surface area contributed by atoms with E-state index in [0.29, 0.717) is 18.4 Å². The van der Waals surface area contributed by atoms with Crippen molar-refractivity contribution in [2.45, 2.75) is 44.2 Å². The summed E-state index contributed by atoms with van der Waals surface area (Å²) in [7, 11) is 1.89. The minimum atomic E-state index is -0.556. The van der Waals surface area contributed by atoms with E-state index in [9.17, 15) is 14.3 Å². The number of rotatable bonds is 5. The van der Waals surface area contributed by atoms with Crippen LogP contribution in [0.2, 0.25) is 0 Å². The fraction of sp³-hybridized carbons (Fsp3) is 0.308. The number of halogens is 1. The number of aryl methyl sites for hydroxylation is 1. The van der Waals surface area contributed by atoms with Crippen molar-refractivity contribution < 1.29 is 14.3 Å². The van der Waals surface area contributed by atoms with E-state index in [0.717, 1.165) is 41.6 Å². The van der Waals surface area contributed by atoms with Crippen LogP contribution >= 0.6 is 0 Å². The molecule has 0 bridgehead atoms. The number of hydrogen-bond donors (Lipinski definition) is 2. The van der Waals surface area contributed by atoms with Crippen LogP contribution in [0.3, 0.4) is 0 Å². The van der Waals surface area contributed by atoms with Crippen LogP contribution in [0.15, 0.2) is 61.1 Å². The molecule has 0 radical (unpaired) electrons. The Balaban J connectivity index is 1.43. The summed E-state index contributed by atoms with van der Waals surface area (Å²) in [6.07, 6.45) is 8.90. The van der Waals surface area contributed by atoms with Crippen LogP contribution in [0, 0.1) is 5.82 Å². The smallest absolute Gasteiger partial charge is 0.253 e. The van der Waals surface area contributed by atoms with Gasteiger partial charge in [-0.25, -0.2) is 4.39 Å². The Bertz CT molecular complexity index is 1290. The van der Waals surface area contributed by atoms with Gasteiger partial charge in [0.25, 0.3) is 5.91 Å². The number of aliphatic hydroxyl groups is 1. The van der Waals surface area contributed by atoms with E-state index >= 15 is 0 Å². The van der Waals surface area contributed by atoms with E-state index in [1.165, 1.54) is 6.07 Å². The molecule has 1 aromatic carbocycles. The molecule has 0 spiro atoms. The highest BCUT2D eigenvalue weighted by molar-refractivity contribution is 6.01. The van der Waals surface area contributed by atoms with E-state index in [2.05, 4.69) is 10.4 Å². The molecule has 7 heteroatoms. The molecule has 6 nitrogen and oxygen atoms in total. The first-order valence-electron chi connectivity index (χ1n) is 11.3. The summed E-state index contributed by atoms with van der Waals surface area (Å²) in [5, 5.41) is 17.4. The topological polar surface area (TPSA) is 71.6 Å². The van der Waals surface area contributed by atoms with Crippen molar-refractivity contribution in [3.63, 3.8) is 0 Å². The summed E-state index contributed by atoms with van der Waals surface area (Å²) < 4.78 is 18.3. The first-order valence-corrected chi connectivity index (χ1v) is 11.3. The van der Waals surface area contributed by atoms with Crippen molar-refractivity contribution in [3.8, 4) is 11.1 Å². The van der Waals surface area contributed by atoms with Gasteiger partial charge in [-0.15, -0.1) is 0 Å². The maximum absolute atomic E-state index is 14.8. The fourth-order valence-electron chi connectivity index (χ4n) is 4.71. The molecule has 3 aromatic heterocycles. The standard InChI is InChI=1S/C26H27FN4O2/c1-30-16-19(15-28-30)18-10-8-17(9-11-18)13-20-14-21(25-22(27)5-4-12-31(20)25)26(33)29-23-6-2-3-7-24(23)32/h4-5,8-12,14-16,23-24,32H,2-3,6-7,13H2,1H3,(H,29,33)/t23-,24-/m0/s1. The third-order valence-corrected chi connectivity index (χ3v) is 6.49. The number of amides is 1. The minimum Gasteiger partial charge on any atom is -0.391 e. The van der Waals surface area contributed by atoms with Crippen molar-refractivity contribution in [1.82, 2.24) is 19.5 Å². The van der Waals surface area contributed by atoms with Crippen LogP contribution < -0.4 is 5.32 Å². The van der Waals surface area contributed by atoms with E-state index in [4.69, 9.17) is 0 Å². The van der Waals surface area contributed by atoms with E-state index in [-0.39, 0.29) is 17.5 Å². The van der Waals surface area contributed by atoms with Gasteiger partial charge < -0.3 is 14.8 Å². The van der Waals surface area contributed by atoms with Gasteiger partial charge in [0.05, 0.1) is 29.4 Å². The highest BCUT2D eigenvalue weighted by atomic mass is 19.1. The van der Waals surface area contributed by atoms with E-state index < -0.39 is 11.9 Å². The summed E-state index contributed by atoms with van der Waals surface area (Å²) >= 11 is 0. The molecule has 0 aliphatic heterocycles. The van der Waals surface area contributed by atoms with Gasteiger partial charge in [0, 0.05) is 37.1 Å². The molecule has 0 unspecified atom stereocenters. The molecule has 2 N–H and O–H groups in total. The molecule has 1 aliphatic carbocycles. The van der Waals surface area contributed by atoms with Crippen LogP contribution in [0.25, 0.3) is 16.6 Å². The maximum atomic E-state index is 14.8. The van der Waals surface area contributed by atoms with Crippen molar-refractivity contribution in [1.29, 1.82) is 0 Å². The number of hydrogen-bond acceptors (Lipinski definition) is 3. The lowest BCUT2D eigenvalue weighted by atomic mass is 9.92. The number of nitrogens with zero attached hydrogens (tertiary/aromatic N) is 3. The first kappa shape index (κ1) is 21.4. The summed E-state index contributed by atoms with van der Waals surface area (Å²) in [5.41, 5.74) is 4.57. The maximum Gasteiger partial charge on any atom is 0.253 e. The van der Waals surface area contributed by atoms with Crippen LogP contribution in [0.1, 0.15) is 47.3 Å². The molecule has 4 aromatic rings. The number of aliphatic hydroxyl groups excluding tert-OH is 1. The quantitative estimate of drug-likeness (QED) is 0.485. The van der Waals surface area contributed by atoms with Gasteiger partial charge in [-0.3, -0.25) is 9.48 Å². The number of benzene rings is 1. The van der Waals surface area contributed by atoms with Crippen LogP contribution in [-0.4, -0.2) is 37.3 Å². The van der Waals surface area contributed by atoms with Crippen LogP contribution in [-0.2, 0) is 13.5 Å². The zero-order valence-electron chi connectivity index (χ0n) is 18.5. The zero-order valence-corrected chi connectivity index (χ0v) is 18.5. The zero-order chi connectivity index (χ0) is 22.9. The average Bonchev–Trinajstić information content (AvgIpc) is 3.41. The van der Waals surface area contributed by atoms with Gasteiger partial charge in [-0.2, -0.15) is 5.10 Å². The Morgan fingerprint density at radius 2 is 1.97 bits per heavy atom. The van der Waals surface area contributed by atoms with Crippen molar-refractivity contribution in [2.75, 3.05) is 0 Å². The molecule has 33 heavy (non-hydrogen) atoms. The normalized spacial score (nSPS) is 18.5. The number of carbonyl (C=O) groups is 1.